The minimum Gasteiger partial charge on any atom is -0.462 e. The Kier molecular flexibility index (Phi) is 57.8. The van der Waals surface area contributed by atoms with Gasteiger partial charge in [0.25, 0.3) is 0 Å². The SMILES string of the molecule is CCCCCCCCCCCCCCCC(=O)OC[C@H](COP(=O)(O)OC[C@@H](O)COP(=O)(O)OC[C@@H](COC(=O)CCCCCCCCCC(C)C)OC(=O)CCCCCCCCCCC(C)C)OC(=O)CCCCCCCCCCCCC(C)C. The summed E-state index contributed by atoms with van der Waals surface area (Å²) in [5.41, 5.74) is 0. The number of unbranched alkanes of at least 4 members (excludes halogenated alkanes) is 34. The van der Waals surface area contributed by atoms with Gasteiger partial charge in [0.15, 0.2) is 12.2 Å². The number of carbonyl (C=O) groups excluding carboxylic acids is 4. The van der Waals surface area contributed by atoms with E-state index in [0.717, 1.165) is 108 Å². The number of esters is 4. The average molecular weight is 1280 g/mol. The fourth-order valence-electron chi connectivity index (χ4n) is 10.2. The molecule has 0 heterocycles. The summed E-state index contributed by atoms with van der Waals surface area (Å²) in [6.45, 7) is 11.7. The molecule has 0 saturated carbocycles. The van der Waals surface area contributed by atoms with Crippen LogP contribution in [-0.4, -0.2) is 96.7 Å². The van der Waals surface area contributed by atoms with Crippen molar-refractivity contribution < 1.29 is 80.2 Å². The molecule has 0 aliphatic rings. The zero-order valence-electron chi connectivity index (χ0n) is 56.5. The van der Waals surface area contributed by atoms with E-state index in [1.54, 1.807) is 0 Å². The molecule has 0 radical (unpaired) electrons. The van der Waals surface area contributed by atoms with Crippen LogP contribution in [0.4, 0.5) is 0 Å². The molecule has 0 amide bonds. The van der Waals surface area contributed by atoms with Crippen molar-refractivity contribution in [2.24, 2.45) is 17.8 Å². The lowest BCUT2D eigenvalue weighted by Gasteiger charge is -2.21. The van der Waals surface area contributed by atoms with Crippen molar-refractivity contribution in [1.82, 2.24) is 0 Å². The van der Waals surface area contributed by atoms with E-state index < -0.39 is 97.5 Å². The van der Waals surface area contributed by atoms with E-state index in [1.165, 1.54) is 141 Å². The first-order chi connectivity index (χ1) is 41.7. The van der Waals surface area contributed by atoms with Crippen LogP contribution in [0.25, 0.3) is 0 Å². The Balaban J connectivity index is 5.25. The topological polar surface area (TPSA) is 237 Å². The van der Waals surface area contributed by atoms with Crippen molar-refractivity contribution in [3.8, 4) is 0 Å². The van der Waals surface area contributed by atoms with Crippen molar-refractivity contribution in [2.45, 2.75) is 356 Å². The van der Waals surface area contributed by atoms with Crippen molar-refractivity contribution in [2.75, 3.05) is 39.6 Å². The Morgan fingerprint density at radius 2 is 0.529 bits per heavy atom. The van der Waals surface area contributed by atoms with E-state index in [4.69, 9.17) is 37.0 Å². The van der Waals surface area contributed by atoms with Crippen molar-refractivity contribution in [3.63, 3.8) is 0 Å². The number of aliphatic hydroxyl groups excluding tert-OH is 1. The highest BCUT2D eigenvalue weighted by atomic mass is 31.2. The number of rotatable bonds is 66. The molecule has 2 unspecified atom stereocenters. The molecule has 0 aliphatic heterocycles. The van der Waals surface area contributed by atoms with E-state index in [2.05, 4.69) is 48.5 Å². The van der Waals surface area contributed by atoms with E-state index >= 15 is 0 Å². The Bertz CT molecular complexity index is 1720. The van der Waals surface area contributed by atoms with Gasteiger partial charge in [-0.15, -0.1) is 0 Å². The minimum absolute atomic E-state index is 0.103. The summed E-state index contributed by atoms with van der Waals surface area (Å²) in [7, 11) is -9.90. The largest absolute Gasteiger partial charge is 0.472 e. The third kappa shape index (κ3) is 62.6. The predicted octanol–water partition coefficient (Wildman–Crippen LogP) is 19.1. The Morgan fingerprint density at radius 1 is 0.310 bits per heavy atom. The standard InChI is InChI=1S/C68H132O17P2/c1-8-9-10-11-12-13-14-15-16-20-28-35-42-49-65(70)78-55-63(84-67(72)51-44-37-29-21-18-17-19-25-32-39-46-59(2)3)57-82-86(74,75)80-53-62(69)54-81-87(76,77)83-58-64(56-79-66(71)50-43-36-31-24-27-34-41-48-61(6)7)85-68(73)52-45-38-30-23-22-26-33-40-47-60(4)5/h59-64,69H,8-58H2,1-7H3,(H,74,75)(H,76,77)/t62-,63-,64-/m1/s1. The smallest absolute Gasteiger partial charge is 0.462 e. The maximum absolute atomic E-state index is 13.0. The van der Waals surface area contributed by atoms with Crippen LogP contribution < -0.4 is 0 Å². The quantitative estimate of drug-likeness (QED) is 0.0222. The van der Waals surface area contributed by atoms with Gasteiger partial charge < -0.3 is 33.8 Å². The molecule has 5 atom stereocenters. The van der Waals surface area contributed by atoms with Crippen LogP contribution in [0.5, 0.6) is 0 Å². The normalized spacial score (nSPS) is 14.3. The molecule has 0 bridgehead atoms. The second-order valence-electron chi connectivity index (χ2n) is 26.0. The van der Waals surface area contributed by atoms with Gasteiger partial charge in [0, 0.05) is 25.7 Å². The van der Waals surface area contributed by atoms with Crippen LogP contribution in [0, 0.1) is 17.8 Å². The molecule has 0 fully saturated rings. The molecule has 0 aliphatic carbocycles. The molecule has 17 nitrogen and oxygen atoms in total. The third-order valence-electron chi connectivity index (χ3n) is 15.6. The molecule has 19 heteroatoms. The fraction of sp³-hybridized carbons (Fsp3) is 0.941. The summed E-state index contributed by atoms with van der Waals surface area (Å²) in [6.07, 6.45) is 41.7. The first kappa shape index (κ1) is 85.1. The van der Waals surface area contributed by atoms with Crippen molar-refractivity contribution >= 4 is 39.5 Å². The predicted molar refractivity (Wildman–Crippen MR) is 349 cm³/mol. The Labute approximate surface area is 530 Å². The summed E-state index contributed by atoms with van der Waals surface area (Å²) in [4.78, 5) is 72.4. The van der Waals surface area contributed by atoms with Gasteiger partial charge in [-0.1, -0.05) is 286 Å². The number of phosphoric acid groups is 2. The summed E-state index contributed by atoms with van der Waals surface area (Å²) >= 11 is 0. The van der Waals surface area contributed by atoms with Crippen LogP contribution >= 0.6 is 15.6 Å². The molecule has 0 aromatic rings. The lowest BCUT2D eigenvalue weighted by molar-refractivity contribution is -0.161. The van der Waals surface area contributed by atoms with Gasteiger partial charge in [-0.05, 0) is 43.4 Å². The number of ether oxygens (including phenoxy) is 4. The molecule has 0 rings (SSSR count). The minimum atomic E-state index is -4.95. The maximum atomic E-state index is 13.0. The second-order valence-corrected chi connectivity index (χ2v) is 28.9. The van der Waals surface area contributed by atoms with Crippen LogP contribution in [-0.2, 0) is 65.4 Å². The summed E-state index contributed by atoms with van der Waals surface area (Å²) in [5, 5.41) is 10.6. The van der Waals surface area contributed by atoms with Crippen molar-refractivity contribution in [1.29, 1.82) is 0 Å². The lowest BCUT2D eigenvalue weighted by Crippen LogP contribution is -2.30. The van der Waals surface area contributed by atoms with Gasteiger partial charge in [0.1, 0.15) is 19.3 Å². The molecule has 3 N–H and O–H groups in total. The van der Waals surface area contributed by atoms with E-state index in [1.807, 2.05) is 0 Å². The Morgan fingerprint density at radius 3 is 0.782 bits per heavy atom. The zero-order chi connectivity index (χ0) is 64.5. The van der Waals surface area contributed by atoms with Gasteiger partial charge in [-0.25, -0.2) is 9.13 Å². The van der Waals surface area contributed by atoms with Gasteiger partial charge in [-0.2, -0.15) is 0 Å². The number of hydrogen-bond donors (Lipinski definition) is 3. The van der Waals surface area contributed by atoms with Crippen molar-refractivity contribution in [3.05, 3.63) is 0 Å². The molecule has 87 heavy (non-hydrogen) atoms. The third-order valence-corrected chi connectivity index (χ3v) is 17.5. The summed E-state index contributed by atoms with van der Waals surface area (Å²) in [6, 6.07) is 0. The number of aliphatic hydroxyl groups is 1. The maximum Gasteiger partial charge on any atom is 0.472 e. The Hall–Kier alpha value is -1.94. The molecule has 0 aromatic carbocycles. The number of hydrogen-bond acceptors (Lipinski definition) is 15. The summed E-state index contributed by atoms with van der Waals surface area (Å²) < 4.78 is 68.2. The van der Waals surface area contributed by atoms with Gasteiger partial charge in [-0.3, -0.25) is 37.3 Å². The van der Waals surface area contributed by atoms with Gasteiger partial charge >= 0.3 is 39.5 Å². The molecular formula is C68H132O17P2. The highest BCUT2D eigenvalue weighted by Gasteiger charge is 2.30. The van der Waals surface area contributed by atoms with Crippen LogP contribution in [0.2, 0.25) is 0 Å². The first-order valence-corrected chi connectivity index (χ1v) is 38.3. The lowest BCUT2D eigenvalue weighted by atomic mass is 10.0. The monoisotopic (exact) mass is 1280 g/mol. The highest BCUT2D eigenvalue weighted by molar-refractivity contribution is 7.47. The second kappa shape index (κ2) is 59.1. The molecular weight excluding hydrogens is 1150 g/mol. The average Bonchev–Trinajstić information content (AvgIpc) is 3.69. The van der Waals surface area contributed by atoms with Crippen LogP contribution in [0.15, 0.2) is 0 Å². The van der Waals surface area contributed by atoms with E-state index in [0.29, 0.717) is 31.6 Å². The number of phosphoric ester groups is 2. The fourth-order valence-corrected chi connectivity index (χ4v) is 11.8. The summed E-state index contributed by atoms with van der Waals surface area (Å²) in [5.74, 6) is 0.0446. The van der Waals surface area contributed by atoms with Gasteiger partial charge in [0.2, 0.25) is 0 Å². The molecule has 0 aromatic heterocycles. The van der Waals surface area contributed by atoms with Crippen LogP contribution in [0.3, 0.4) is 0 Å². The van der Waals surface area contributed by atoms with Gasteiger partial charge in [0.05, 0.1) is 26.4 Å². The van der Waals surface area contributed by atoms with Crippen LogP contribution in [0.1, 0.15) is 337 Å². The highest BCUT2D eigenvalue weighted by Crippen LogP contribution is 2.45. The first-order valence-electron chi connectivity index (χ1n) is 35.3. The molecule has 0 saturated heterocycles. The molecule has 516 valence electrons. The van der Waals surface area contributed by atoms with E-state index in [-0.39, 0.29) is 25.7 Å². The zero-order valence-corrected chi connectivity index (χ0v) is 58.3. The number of carbonyl (C=O) groups is 4. The van der Waals surface area contributed by atoms with E-state index in [9.17, 15) is 43.2 Å². The molecule has 0 spiro atoms.